The predicted octanol–water partition coefficient (Wildman–Crippen LogP) is 2.51. The van der Waals surface area contributed by atoms with E-state index in [4.69, 9.17) is 11.6 Å². The second-order valence-corrected chi connectivity index (χ2v) is 5.14. The second kappa shape index (κ2) is 6.66. The molecule has 20 heavy (non-hydrogen) atoms. The van der Waals surface area contributed by atoms with Gasteiger partial charge < -0.3 is 5.32 Å². The molecule has 2 rings (SSSR count). The smallest absolute Gasteiger partial charge is 0.248 e. The first kappa shape index (κ1) is 14.7. The van der Waals surface area contributed by atoms with Gasteiger partial charge in [0.15, 0.2) is 0 Å². The summed E-state index contributed by atoms with van der Waals surface area (Å²) in [6.07, 6.45) is 9.32. The number of allylic oxidation sites excluding steroid dienone is 3. The van der Waals surface area contributed by atoms with Crippen molar-refractivity contribution < 1.29 is 9.59 Å². The van der Waals surface area contributed by atoms with Crippen molar-refractivity contribution in [3.63, 3.8) is 0 Å². The summed E-state index contributed by atoms with van der Waals surface area (Å²) in [6.45, 7) is 2.08. The van der Waals surface area contributed by atoms with E-state index < -0.39 is 0 Å². The minimum Gasteiger partial charge on any atom is -0.325 e. The average Bonchev–Trinajstić information content (AvgIpc) is 2.38. The molecule has 1 atom stereocenters. The first-order valence-electron chi connectivity index (χ1n) is 6.72. The fourth-order valence-electron chi connectivity index (χ4n) is 2.34. The fraction of sp³-hybridized carbons (Fsp3) is 0.400. The van der Waals surface area contributed by atoms with Crippen LogP contribution >= 0.6 is 11.6 Å². The van der Waals surface area contributed by atoms with Crippen molar-refractivity contribution in [2.45, 2.75) is 26.2 Å². The Hall–Kier alpha value is -1.68. The van der Waals surface area contributed by atoms with E-state index in [0.717, 1.165) is 24.1 Å². The average molecular weight is 293 g/mol. The molecule has 5 heteroatoms. The van der Waals surface area contributed by atoms with Gasteiger partial charge in [0.2, 0.25) is 11.8 Å². The number of alkyl halides is 1. The number of nitrogens with one attached hydrogen (secondary N) is 1. The zero-order valence-electron chi connectivity index (χ0n) is 11.4. The number of fused-ring (bicyclic) bond motifs is 1. The summed E-state index contributed by atoms with van der Waals surface area (Å²) in [7, 11) is 0. The molecule has 2 amide bonds. The number of hydrogen-bond donors (Lipinski definition) is 1. The lowest BCUT2D eigenvalue weighted by Crippen LogP contribution is -2.33. The van der Waals surface area contributed by atoms with Gasteiger partial charge in [0.05, 0.1) is 5.71 Å². The lowest BCUT2D eigenvalue weighted by Gasteiger charge is -2.27. The summed E-state index contributed by atoms with van der Waals surface area (Å²) >= 11 is 5.51. The number of nitrogens with zero attached hydrogens (tertiary/aromatic N) is 1. The van der Waals surface area contributed by atoms with Crippen LogP contribution in [0.1, 0.15) is 26.2 Å². The van der Waals surface area contributed by atoms with Crippen molar-refractivity contribution in [2.75, 3.05) is 5.88 Å². The van der Waals surface area contributed by atoms with Crippen molar-refractivity contribution in [1.29, 1.82) is 0 Å². The highest BCUT2D eigenvalue weighted by molar-refractivity contribution is 6.19. The van der Waals surface area contributed by atoms with Gasteiger partial charge in [-0.2, -0.15) is 0 Å². The molecule has 0 aromatic rings. The van der Waals surface area contributed by atoms with Crippen LogP contribution in [0.2, 0.25) is 0 Å². The Morgan fingerprint density at radius 3 is 2.95 bits per heavy atom. The van der Waals surface area contributed by atoms with E-state index >= 15 is 0 Å². The highest BCUT2D eigenvalue weighted by atomic mass is 35.5. The van der Waals surface area contributed by atoms with E-state index in [2.05, 4.69) is 17.2 Å². The van der Waals surface area contributed by atoms with Gasteiger partial charge in [-0.15, -0.1) is 11.6 Å². The molecule has 1 aliphatic heterocycles. The maximum Gasteiger partial charge on any atom is 0.248 e. The van der Waals surface area contributed by atoms with Crippen LogP contribution in [0.5, 0.6) is 0 Å². The van der Waals surface area contributed by atoms with E-state index in [1.807, 2.05) is 12.2 Å². The number of rotatable bonds is 4. The van der Waals surface area contributed by atoms with Gasteiger partial charge in [-0.25, -0.2) is 4.99 Å². The van der Waals surface area contributed by atoms with Crippen molar-refractivity contribution >= 4 is 29.1 Å². The standard InChI is InChI=1S/C15H17ClN2O2/c1-2-3-10-8-15(20)18-13-9-11(4-5-12(10)13)17-14(19)6-7-16/h4-5,8-9,12H,2-3,6-7H2,1H3,(H,18,20). The van der Waals surface area contributed by atoms with Crippen LogP contribution in [0.3, 0.4) is 0 Å². The molecule has 1 N–H and O–H groups in total. The van der Waals surface area contributed by atoms with Crippen molar-refractivity contribution in [3.05, 3.63) is 35.6 Å². The topological polar surface area (TPSA) is 58.5 Å². The van der Waals surface area contributed by atoms with Crippen molar-refractivity contribution in [1.82, 2.24) is 5.32 Å². The molecule has 0 aromatic heterocycles. The minimum atomic E-state index is -0.249. The predicted molar refractivity (Wildman–Crippen MR) is 79.6 cm³/mol. The first-order valence-corrected chi connectivity index (χ1v) is 7.26. The summed E-state index contributed by atoms with van der Waals surface area (Å²) in [5.74, 6) is -0.00706. The van der Waals surface area contributed by atoms with Gasteiger partial charge in [-0.05, 0) is 18.6 Å². The molecule has 1 aliphatic carbocycles. The number of amides is 2. The van der Waals surface area contributed by atoms with Crippen LogP contribution < -0.4 is 5.32 Å². The maximum atomic E-state index is 11.7. The number of aliphatic imine (C=N–C) groups is 1. The zero-order chi connectivity index (χ0) is 14.5. The van der Waals surface area contributed by atoms with Gasteiger partial charge in [0.25, 0.3) is 0 Å². The van der Waals surface area contributed by atoms with Gasteiger partial charge in [-0.3, -0.25) is 9.59 Å². The van der Waals surface area contributed by atoms with Crippen molar-refractivity contribution in [3.8, 4) is 0 Å². The molecule has 1 heterocycles. The molecule has 0 fully saturated rings. The Kier molecular flexibility index (Phi) is 4.90. The first-order chi connectivity index (χ1) is 9.63. The lowest BCUT2D eigenvalue weighted by molar-refractivity contribution is -0.117. The number of halogens is 1. The third-order valence-corrected chi connectivity index (χ3v) is 3.37. The van der Waals surface area contributed by atoms with Crippen LogP contribution in [0.15, 0.2) is 40.6 Å². The minimum absolute atomic E-state index is 0.0923. The van der Waals surface area contributed by atoms with Crippen LogP contribution in [0.4, 0.5) is 0 Å². The molecule has 0 saturated carbocycles. The molecule has 2 aliphatic rings. The van der Waals surface area contributed by atoms with Gasteiger partial charge in [0.1, 0.15) is 0 Å². The van der Waals surface area contributed by atoms with Gasteiger partial charge in [-0.1, -0.05) is 25.0 Å². The van der Waals surface area contributed by atoms with Crippen LogP contribution in [0, 0.1) is 5.92 Å². The SMILES string of the molecule is CCCC1=CC(=O)NC2=CC(=NC(=O)CCCl)C=CC12. The molecule has 0 bridgehead atoms. The number of carbonyl (C=O) groups excluding carboxylic acids is 2. The molecule has 4 nitrogen and oxygen atoms in total. The highest BCUT2D eigenvalue weighted by Gasteiger charge is 2.25. The molecular weight excluding hydrogens is 276 g/mol. The lowest BCUT2D eigenvalue weighted by atomic mass is 9.85. The fourth-order valence-corrected chi connectivity index (χ4v) is 2.50. The maximum absolute atomic E-state index is 11.7. The summed E-state index contributed by atoms with van der Waals surface area (Å²) < 4.78 is 0. The summed E-state index contributed by atoms with van der Waals surface area (Å²) in [6, 6.07) is 0. The Labute approximate surface area is 123 Å². The third-order valence-electron chi connectivity index (χ3n) is 3.18. The van der Waals surface area contributed by atoms with Gasteiger partial charge >= 0.3 is 0 Å². The normalized spacial score (nSPS) is 23.0. The van der Waals surface area contributed by atoms with E-state index in [0.29, 0.717) is 5.71 Å². The molecule has 1 unspecified atom stereocenters. The Balaban J connectivity index is 2.22. The third kappa shape index (κ3) is 3.45. The van der Waals surface area contributed by atoms with E-state index in [1.165, 1.54) is 0 Å². The van der Waals surface area contributed by atoms with E-state index in [1.54, 1.807) is 12.2 Å². The van der Waals surface area contributed by atoms with E-state index in [9.17, 15) is 9.59 Å². The quantitative estimate of drug-likeness (QED) is 0.809. The number of hydrogen-bond acceptors (Lipinski definition) is 2. The molecule has 0 saturated heterocycles. The molecule has 106 valence electrons. The Morgan fingerprint density at radius 1 is 1.45 bits per heavy atom. The van der Waals surface area contributed by atoms with Crippen molar-refractivity contribution in [2.24, 2.45) is 10.9 Å². The number of carbonyl (C=O) groups is 2. The molecular formula is C15H17ClN2O2. The van der Waals surface area contributed by atoms with Crippen LogP contribution in [-0.2, 0) is 9.59 Å². The summed E-state index contributed by atoms with van der Waals surface area (Å²) in [5.41, 5.74) is 2.45. The molecule has 0 spiro atoms. The van der Waals surface area contributed by atoms with Crippen LogP contribution in [-0.4, -0.2) is 23.4 Å². The Morgan fingerprint density at radius 2 is 2.25 bits per heavy atom. The van der Waals surface area contributed by atoms with Crippen LogP contribution in [0.25, 0.3) is 0 Å². The summed E-state index contributed by atoms with van der Waals surface area (Å²) in [5, 5.41) is 2.82. The Bertz CT molecular complexity index is 544. The molecule has 0 radical (unpaired) electrons. The monoisotopic (exact) mass is 292 g/mol. The largest absolute Gasteiger partial charge is 0.325 e. The van der Waals surface area contributed by atoms with Gasteiger partial charge in [0, 0.05) is 30.0 Å². The summed E-state index contributed by atoms with van der Waals surface area (Å²) in [4.78, 5) is 27.1. The molecule has 0 aromatic carbocycles. The second-order valence-electron chi connectivity index (χ2n) is 4.76. The highest BCUT2D eigenvalue weighted by Crippen LogP contribution is 2.29. The van der Waals surface area contributed by atoms with E-state index in [-0.39, 0.29) is 30.0 Å². The zero-order valence-corrected chi connectivity index (χ0v) is 12.1.